The van der Waals surface area contributed by atoms with Gasteiger partial charge >= 0.3 is 5.97 Å². The van der Waals surface area contributed by atoms with Crippen molar-refractivity contribution in [3.63, 3.8) is 0 Å². The molecule has 0 bridgehead atoms. The van der Waals surface area contributed by atoms with Crippen molar-refractivity contribution in [1.29, 1.82) is 5.26 Å². The van der Waals surface area contributed by atoms with Gasteiger partial charge in [0.05, 0.1) is 25.5 Å². The number of carbonyl (C=O) groups excluding carboxylic acids is 1. The molecule has 0 fully saturated rings. The molecule has 0 aliphatic carbocycles. The maximum atomic E-state index is 11.1. The minimum Gasteiger partial charge on any atom is -0.466 e. The third-order valence-corrected chi connectivity index (χ3v) is 3.33. The molecule has 24 heavy (non-hydrogen) atoms. The van der Waals surface area contributed by atoms with Gasteiger partial charge in [-0.25, -0.2) is 0 Å². The fourth-order valence-electron chi connectivity index (χ4n) is 1.58. The largest absolute Gasteiger partial charge is 0.466 e. The number of aromatic nitrogens is 2. The molecular weight excluding hydrogens is 438 g/mol. The highest BCUT2D eigenvalue weighted by Crippen LogP contribution is 2.10. The van der Waals surface area contributed by atoms with Crippen LogP contribution >= 0.6 is 31.9 Å². The Hall–Kier alpha value is -1.78. The van der Waals surface area contributed by atoms with Crippen molar-refractivity contribution >= 4 is 37.8 Å². The van der Waals surface area contributed by atoms with Crippen LogP contribution in [0.4, 0.5) is 0 Å². The van der Waals surface area contributed by atoms with E-state index in [0.29, 0.717) is 13.0 Å². The third kappa shape index (κ3) is 9.38. The highest BCUT2D eigenvalue weighted by atomic mass is 79.9. The average molecular weight is 457 g/mol. The molecule has 2 heterocycles. The van der Waals surface area contributed by atoms with Crippen molar-refractivity contribution in [2.45, 2.75) is 27.2 Å². The molecule has 0 unspecified atom stereocenters. The molecule has 0 N–H and O–H groups in total. The van der Waals surface area contributed by atoms with Gasteiger partial charge in [-0.3, -0.25) is 14.8 Å². The lowest BCUT2D eigenvalue weighted by molar-refractivity contribution is -0.142. The molecule has 5 nitrogen and oxygen atoms in total. The van der Waals surface area contributed by atoms with Gasteiger partial charge in [-0.05, 0) is 62.0 Å². The molecule has 128 valence electrons. The molecule has 0 saturated heterocycles. The summed E-state index contributed by atoms with van der Waals surface area (Å²) in [5.41, 5.74) is 1.80. The van der Waals surface area contributed by atoms with Crippen molar-refractivity contribution in [3.05, 3.63) is 57.0 Å². The van der Waals surface area contributed by atoms with E-state index in [1.54, 1.807) is 31.7 Å². The summed E-state index contributed by atoms with van der Waals surface area (Å²) in [5.74, 6) is -0.220. The summed E-state index contributed by atoms with van der Waals surface area (Å²) in [6.07, 6.45) is 7.41. The molecule has 0 atom stereocenters. The smallest absolute Gasteiger partial charge is 0.310 e. The molecule has 0 aliphatic heterocycles. The number of ether oxygens (including phenoxy) is 1. The number of esters is 1. The van der Waals surface area contributed by atoms with E-state index in [2.05, 4.69) is 47.9 Å². The summed E-state index contributed by atoms with van der Waals surface area (Å²) in [4.78, 5) is 18.9. The normalized spacial score (nSPS) is 8.92. The lowest BCUT2D eigenvalue weighted by Crippen LogP contribution is -2.07. The Balaban J connectivity index is 0.000000436. The minimum absolute atomic E-state index is 0. The van der Waals surface area contributed by atoms with E-state index in [9.17, 15) is 4.79 Å². The number of pyridine rings is 2. The van der Waals surface area contributed by atoms with Crippen LogP contribution < -0.4 is 0 Å². The molecule has 2 aromatic heterocycles. The molecular formula is C17H19Br2N3O2. The quantitative estimate of drug-likeness (QED) is 0.633. The van der Waals surface area contributed by atoms with E-state index in [0.717, 1.165) is 20.1 Å². The number of carbonyl (C=O) groups is 1. The first-order chi connectivity index (χ1) is 11.0. The van der Waals surface area contributed by atoms with Crippen LogP contribution in [0, 0.1) is 11.3 Å². The third-order valence-electron chi connectivity index (χ3n) is 2.46. The Bertz CT molecular complexity index is 688. The first kappa shape index (κ1) is 22.2. The lowest BCUT2D eigenvalue weighted by Gasteiger charge is -2.01. The number of hydrogen-bond acceptors (Lipinski definition) is 5. The van der Waals surface area contributed by atoms with Crippen molar-refractivity contribution in [2.75, 3.05) is 6.61 Å². The zero-order valence-corrected chi connectivity index (χ0v) is 15.7. The van der Waals surface area contributed by atoms with Gasteiger partial charge in [0, 0.05) is 33.7 Å². The molecule has 0 radical (unpaired) electrons. The standard InChI is InChI=1S/C9H10BrNO2.C7H5BrN2.CH4/c1-2-13-9(12)4-7-3-8(10)6-11-5-7;8-7-3-6(1-2-9)4-10-5-7;/h3,5-6H,2,4H2,1H3;3-5H,1H2;1H4. The van der Waals surface area contributed by atoms with Crippen LogP contribution in [-0.4, -0.2) is 22.5 Å². The van der Waals surface area contributed by atoms with Gasteiger partial charge in [0.2, 0.25) is 0 Å². The van der Waals surface area contributed by atoms with Gasteiger partial charge in [0.25, 0.3) is 0 Å². The summed E-state index contributed by atoms with van der Waals surface area (Å²) >= 11 is 6.54. The van der Waals surface area contributed by atoms with E-state index >= 15 is 0 Å². The molecule has 0 spiro atoms. The first-order valence-electron chi connectivity index (χ1n) is 6.76. The molecule has 2 aromatic rings. The Morgan fingerprint density at radius 2 is 1.67 bits per heavy atom. The predicted octanol–water partition coefficient (Wildman–Crippen LogP) is 4.50. The zero-order chi connectivity index (χ0) is 17.1. The summed E-state index contributed by atoms with van der Waals surface area (Å²) < 4.78 is 6.59. The lowest BCUT2D eigenvalue weighted by atomic mass is 10.2. The van der Waals surface area contributed by atoms with Gasteiger partial charge in [-0.15, -0.1) is 0 Å². The second kappa shape index (κ2) is 12.6. The van der Waals surface area contributed by atoms with Gasteiger partial charge in [-0.2, -0.15) is 5.26 Å². The molecule has 0 amide bonds. The van der Waals surface area contributed by atoms with E-state index in [4.69, 9.17) is 10.00 Å². The van der Waals surface area contributed by atoms with Gasteiger partial charge in [0.1, 0.15) is 0 Å². The number of hydrogen-bond donors (Lipinski definition) is 0. The van der Waals surface area contributed by atoms with Crippen molar-refractivity contribution in [1.82, 2.24) is 9.97 Å². The van der Waals surface area contributed by atoms with Crippen LogP contribution in [-0.2, 0) is 22.4 Å². The second-order valence-electron chi connectivity index (χ2n) is 4.34. The molecule has 0 saturated carbocycles. The van der Waals surface area contributed by atoms with E-state index in [-0.39, 0.29) is 19.8 Å². The van der Waals surface area contributed by atoms with Crippen LogP contribution in [0.15, 0.2) is 45.9 Å². The molecule has 2 rings (SSSR count). The Kier molecular flexibility index (Phi) is 11.7. The predicted molar refractivity (Wildman–Crippen MR) is 100 cm³/mol. The highest BCUT2D eigenvalue weighted by molar-refractivity contribution is 9.10. The van der Waals surface area contributed by atoms with E-state index in [1.165, 1.54) is 0 Å². The number of nitriles is 1. The fraction of sp³-hybridized carbons (Fsp3) is 0.294. The number of nitrogens with zero attached hydrogens (tertiary/aromatic N) is 3. The van der Waals surface area contributed by atoms with Crippen molar-refractivity contribution < 1.29 is 9.53 Å². The molecule has 0 aromatic carbocycles. The number of rotatable bonds is 4. The van der Waals surface area contributed by atoms with Crippen molar-refractivity contribution in [3.8, 4) is 6.07 Å². The molecule has 0 aliphatic rings. The zero-order valence-electron chi connectivity index (χ0n) is 12.5. The number of halogens is 2. The maximum absolute atomic E-state index is 11.1. The van der Waals surface area contributed by atoms with Crippen LogP contribution in [0.1, 0.15) is 25.5 Å². The Morgan fingerprint density at radius 3 is 2.17 bits per heavy atom. The van der Waals surface area contributed by atoms with E-state index < -0.39 is 0 Å². The second-order valence-corrected chi connectivity index (χ2v) is 6.17. The highest BCUT2D eigenvalue weighted by Gasteiger charge is 2.03. The van der Waals surface area contributed by atoms with E-state index in [1.807, 2.05) is 12.1 Å². The van der Waals surface area contributed by atoms with Crippen LogP contribution in [0.5, 0.6) is 0 Å². The summed E-state index contributed by atoms with van der Waals surface area (Å²) in [6, 6.07) is 5.79. The summed E-state index contributed by atoms with van der Waals surface area (Å²) in [5, 5.41) is 8.32. The van der Waals surface area contributed by atoms with Gasteiger partial charge < -0.3 is 4.74 Å². The Morgan fingerprint density at radius 1 is 1.12 bits per heavy atom. The topological polar surface area (TPSA) is 75.9 Å². The van der Waals surface area contributed by atoms with Crippen molar-refractivity contribution in [2.24, 2.45) is 0 Å². The first-order valence-corrected chi connectivity index (χ1v) is 8.35. The van der Waals surface area contributed by atoms with Crippen LogP contribution in [0.25, 0.3) is 0 Å². The fourth-order valence-corrected chi connectivity index (χ4v) is 2.40. The van der Waals surface area contributed by atoms with Crippen LogP contribution in [0.2, 0.25) is 0 Å². The molecule has 7 heteroatoms. The average Bonchev–Trinajstić information content (AvgIpc) is 2.48. The Labute approximate surface area is 159 Å². The van der Waals surface area contributed by atoms with Crippen LogP contribution in [0.3, 0.4) is 0 Å². The monoisotopic (exact) mass is 455 g/mol. The minimum atomic E-state index is -0.220. The SMILES string of the molecule is C.CCOC(=O)Cc1cncc(Br)c1.N#CCc1cncc(Br)c1. The van der Waals surface area contributed by atoms with Gasteiger partial charge in [-0.1, -0.05) is 7.43 Å². The van der Waals surface area contributed by atoms with Gasteiger partial charge in [0.15, 0.2) is 0 Å². The summed E-state index contributed by atoms with van der Waals surface area (Å²) in [7, 11) is 0. The summed E-state index contributed by atoms with van der Waals surface area (Å²) in [6.45, 7) is 2.21. The maximum Gasteiger partial charge on any atom is 0.310 e.